The maximum atomic E-state index is 13.1. The first-order valence-corrected chi connectivity index (χ1v) is 7.27. The van der Waals surface area contributed by atoms with Crippen LogP contribution in [0.5, 0.6) is 0 Å². The number of alkyl halides is 2. The predicted molar refractivity (Wildman–Crippen MR) is 77.6 cm³/mol. The molecule has 0 bridgehead atoms. The Morgan fingerprint density at radius 3 is 2.71 bits per heavy atom. The van der Waals surface area contributed by atoms with Crippen molar-refractivity contribution in [1.82, 2.24) is 10.3 Å². The zero-order valence-corrected chi connectivity index (χ0v) is 12.5. The number of anilines is 1. The fourth-order valence-electron chi connectivity index (χ4n) is 2.35. The molecule has 1 aliphatic rings. The molecule has 2 rings (SSSR count). The molecular weight excluding hydrogens is 300 g/mol. The molecular formula is C14H18ClF2N3O. The number of carbonyl (C=O) groups excluding carboxylic acids is 1. The Morgan fingerprint density at radius 1 is 1.43 bits per heavy atom. The minimum absolute atomic E-state index is 0.0239. The summed E-state index contributed by atoms with van der Waals surface area (Å²) in [6.07, 6.45) is 0.596. The molecule has 1 amide bonds. The fourth-order valence-corrected chi connectivity index (χ4v) is 2.58. The molecule has 7 heteroatoms. The van der Waals surface area contributed by atoms with Gasteiger partial charge in [0.15, 0.2) is 0 Å². The maximum absolute atomic E-state index is 13.1. The van der Waals surface area contributed by atoms with Gasteiger partial charge in [-0.25, -0.2) is 13.8 Å². The van der Waals surface area contributed by atoms with Gasteiger partial charge in [0.1, 0.15) is 11.0 Å². The van der Waals surface area contributed by atoms with E-state index in [1.165, 1.54) is 6.92 Å². The van der Waals surface area contributed by atoms with Gasteiger partial charge in [0.05, 0.1) is 0 Å². The second kappa shape index (κ2) is 6.56. The number of rotatable bonds is 4. The quantitative estimate of drug-likeness (QED) is 0.837. The zero-order chi connectivity index (χ0) is 15.5. The Morgan fingerprint density at radius 2 is 2.10 bits per heavy atom. The summed E-state index contributed by atoms with van der Waals surface area (Å²) in [7, 11) is 0. The highest BCUT2D eigenvalue weighted by Gasteiger charge is 2.34. The topological polar surface area (TPSA) is 54.0 Å². The van der Waals surface area contributed by atoms with E-state index < -0.39 is 5.92 Å². The molecule has 0 spiro atoms. The van der Waals surface area contributed by atoms with Gasteiger partial charge in [-0.2, -0.15) is 0 Å². The SMILES string of the molecule is CC(=O)NCc1cc(Cl)nc(NC2CCC(F)(F)CC2)c1. The van der Waals surface area contributed by atoms with E-state index in [1.54, 1.807) is 12.1 Å². The van der Waals surface area contributed by atoms with Crippen LogP contribution < -0.4 is 10.6 Å². The van der Waals surface area contributed by atoms with E-state index in [2.05, 4.69) is 15.6 Å². The summed E-state index contributed by atoms with van der Waals surface area (Å²) >= 11 is 5.94. The summed E-state index contributed by atoms with van der Waals surface area (Å²) in [6.45, 7) is 1.79. The predicted octanol–water partition coefficient (Wildman–Crippen LogP) is 3.36. The van der Waals surface area contributed by atoms with Gasteiger partial charge in [-0.3, -0.25) is 4.79 Å². The smallest absolute Gasteiger partial charge is 0.248 e. The van der Waals surface area contributed by atoms with Crippen molar-refractivity contribution in [2.45, 2.75) is 51.1 Å². The lowest BCUT2D eigenvalue weighted by atomic mass is 9.92. The van der Waals surface area contributed by atoms with E-state index in [-0.39, 0.29) is 24.8 Å². The second-order valence-corrected chi connectivity index (χ2v) is 5.75. The first-order valence-electron chi connectivity index (χ1n) is 6.89. The van der Waals surface area contributed by atoms with Gasteiger partial charge in [0, 0.05) is 32.4 Å². The number of hydrogen-bond acceptors (Lipinski definition) is 3. The van der Waals surface area contributed by atoms with Crippen LogP contribution in [-0.4, -0.2) is 22.9 Å². The van der Waals surface area contributed by atoms with Crippen LogP contribution in [0.2, 0.25) is 5.15 Å². The van der Waals surface area contributed by atoms with Crippen LogP contribution in [0, 0.1) is 0 Å². The number of nitrogens with zero attached hydrogens (tertiary/aromatic N) is 1. The van der Waals surface area contributed by atoms with Crippen molar-refractivity contribution in [3.05, 3.63) is 22.8 Å². The Hall–Kier alpha value is -1.43. The Bertz CT molecular complexity index is 515. The van der Waals surface area contributed by atoms with Crippen LogP contribution in [-0.2, 0) is 11.3 Å². The van der Waals surface area contributed by atoms with E-state index in [1.807, 2.05) is 0 Å². The van der Waals surface area contributed by atoms with E-state index in [0.717, 1.165) is 5.56 Å². The van der Waals surface area contributed by atoms with Gasteiger partial charge >= 0.3 is 0 Å². The third-order valence-electron chi connectivity index (χ3n) is 3.46. The van der Waals surface area contributed by atoms with E-state index in [9.17, 15) is 13.6 Å². The van der Waals surface area contributed by atoms with Crippen LogP contribution in [0.15, 0.2) is 12.1 Å². The van der Waals surface area contributed by atoms with Gasteiger partial charge < -0.3 is 10.6 Å². The summed E-state index contributed by atoms with van der Waals surface area (Å²) in [6, 6.07) is 3.41. The molecule has 1 saturated carbocycles. The standard InChI is InChI=1S/C14H18ClF2N3O/c1-9(21)18-8-10-6-12(15)20-13(7-10)19-11-2-4-14(16,17)5-3-11/h6-7,11H,2-5,8H2,1H3,(H,18,21)(H,19,20). The molecule has 1 aromatic heterocycles. The number of hydrogen-bond donors (Lipinski definition) is 2. The summed E-state index contributed by atoms with van der Waals surface area (Å²) in [5.41, 5.74) is 0.814. The fraction of sp³-hybridized carbons (Fsp3) is 0.571. The van der Waals surface area contributed by atoms with E-state index in [0.29, 0.717) is 30.4 Å². The molecule has 0 atom stereocenters. The van der Waals surface area contributed by atoms with E-state index >= 15 is 0 Å². The van der Waals surface area contributed by atoms with Crippen LogP contribution in [0.3, 0.4) is 0 Å². The number of carbonyl (C=O) groups is 1. The second-order valence-electron chi connectivity index (χ2n) is 5.37. The molecule has 0 saturated heterocycles. The molecule has 4 nitrogen and oxygen atoms in total. The number of aromatic nitrogens is 1. The molecule has 0 radical (unpaired) electrons. The first kappa shape index (κ1) is 15.9. The Balaban J connectivity index is 1.98. The van der Waals surface area contributed by atoms with Crippen molar-refractivity contribution in [3.8, 4) is 0 Å². The lowest BCUT2D eigenvalue weighted by Crippen LogP contribution is -2.32. The minimum Gasteiger partial charge on any atom is -0.367 e. The molecule has 2 N–H and O–H groups in total. The third-order valence-corrected chi connectivity index (χ3v) is 3.66. The summed E-state index contributed by atoms with van der Waals surface area (Å²) in [5.74, 6) is -2.12. The highest BCUT2D eigenvalue weighted by molar-refractivity contribution is 6.29. The van der Waals surface area contributed by atoms with Crippen molar-refractivity contribution >= 4 is 23.3 Å². The molecule has 1 aromatic rings. The van der Waals surface area contributed by atoms with Crippen molar-refractivity contribution in [2.24, 2.45) is 0 Å². The van der Waals surface area contributed by atoms with Crippen molar-refractivity contribution < 1.29 is 13.6 Å². The number of pyridine rings is 1. The first-order chi connectivity index (χ1) is 9.84. The largest absolute Gasteiger partial charge is 0.367 e. The average Bonchev–Trinajstić information content (AvgIpc) is 2.38. The zero-order valence-electron chi connectivity index (χ0n) is 11.8. The van der Waals surface area contributed by atoms with Gasteiger partial charge in [0.25, 0.3) is 0 Å². The number of halogens is 3. The molecule has 116 valence electrons. The molecule has 0 unspecified atom stereocenters. The van der Waals surface area contributed by atoms with Gasteiger partial charge in [0.2, 0.25) is 11.8 Å². The molecule has 21 heavy (non-hydrogen) atoms. The minimum atomic E-state index is -2.55. The monoisotopic (exact) mass is 317 g/mol. The molecule has 1 heterocycles. The Labute approximate surface area is 127 Å². The highest BCUT2D eigenvalue weighted by Crippen LogP contribution is 2.34. The third kappa shape index (κ3) is 5.12. The number of nitrogens with one attached hydrogen (secondary N) is 2. The van der Waals surface area contributed by atoms with Gasteiger partial charge in [-0.15, -0.1) is 0 Å². The van der Waals surface area contributed by atoms with E-state index in [4.69, 9.17) is 11.6 Å². The summed E-state index contributed by atoms with van der Waals surface area (Å²) in [5, 5.41) is 6.13. The maximum Gasteiger partial charge on any atom is 0.248 e. The van der Waals surface area contributed by atoms with Gasteiger partial charge in [-0.1, -0.05) is 11.6 Å². The summed E-state index contributed by atoms with van der Waals surface area (Å²) < 4.78 is 26.2. The molecule has 0 aromatic carbocycles. The summed E-state index contributed by atoms with van der Waals surface area (Å²) in [4.78, 5) is 15.1. The molecule has 1 fully saturated rings. The average molecular weight is 318 g/mol. The van der Waals surface area contributed by atoms with Crippen molar-refractivity contribution in [2.75, 3.05) is 5.32 Å². The van der Waals surface area contributed by atoms with Crippen molar-refractivity contribution in [3.63, 3.8) is 0 Å². The van der Waals surface area contributed by atoms with Crippen molar-refractivity contribution in [1.29, 1.82) is 0 Å². The number of amides is 1. The van der Waals surface area contributed by atoms with Crippen LogP contribution in [0.25, 0.3) is 0 Å². The molecule has 0 aliphatic heterocycles. The highest BCUT2D eigenvalue weighted by atomic mass is 35.5. The Kier molecular flexibility index (Phi) is 4.98. The normalized spacial score (nSPS) is 18.3. The lowest BCUT2D eigenvalue weighted by molar-refractivity contribution is -0.119. The van der Waals surface area contributed by atoms with Crippen LogP contribution >= 0.6 is 11.6 Å². The van der Waals surface area contributed by atoms with Crippen LogP contribution in [0.1, 0.15) is 38.2 Å². The van der Waals surface area contributed by atoms with Crippen LogP contribution in [0.4, 0.5) is 14.6 Å². The van der Waals surface area contributed by atoms with Gasteiger partial charge in [-0.05, 0) is 30.5 Å². The lowest BCUT2D eigenvalue weighted by Gasteiger charge is -2.29. The molecule has 1 aliphatic carbocycles.